The Labute approximate surface area is 343 Å². The van der Waals surface area contributed by atoms with Gasteiger partial charge in [0.1, 0.15) is 0 Å². The van der Waals surface area contributed by atoms with Gasteiger partial charge in [0, 0.05) is 22.7 Å². The zero-order valence-electron chi connectivity index (χ0n) is 32.0. The first-order valence-corrected chi connectivity index (χ1v) is 20.9. The average Bonchev–Trinajstić information content (AvgIpc) is 3.76. The Morgan fingerprint density at radius 3 is 0.983 bits per heavy atom. The molecule has 9 aromatic carbocycles. The number of rotatable bonds is 0. The molecule has 0 radical (unpaired) electrons. The van der Waals surface area contributed by atoms with Crippen LogP contribution in [0.5, 0.6) is 0 Å². The summed E-state index contributed by atoms with van der Waals surface area (Å²) in [6, 6.07) is 76.5. The maximum absolute atomic E-state index is 2.62. The molecule has 0 aromatic heterocycles. The maximum atomic E-state index is 2.62. The van der Waals surface area contributed by atoms with Crippen LogP contribution in [0.4, 0.5) is 34.1 Å². The van der Waals surface area contributed by atoms with E-state index < -0.39 is 10.8 Å². The van der Waals surface area contributed by atoms with Crippen LogP contribution in [0, 0.1) is 0 Å². The van der Waals surface area contributed by atoms with Crippen molar-refractivity contribution in [3.63, 3.8) is 0 Å². The SMILES string of the molecule is c1ccc2c(c1)-c1ccccc1C21c2ccccc2N2c3cccc4c3B(c3cccc1c32)c1cccc2c1N4c1ccccc1C21c2ccccc2-c2ccccc21. The summed E-state index contributed by atoms with van der Waals surface area (Å²) in [5.74, 6) is 0. The molecule has 15 rings (SSSR count). The Bertz CT molecular complexity index is 3080. The number of anilines is 6. The predicted molar refractivity (Wildman–Crippen MR) is 242 cm³/mol. The molecule has 4 heterocycles. The third-order valence-corrected chi connectivity index (χ3v) is 14.8. The minimum absolute atomic E-state index is 0.0296. The van der Waals surface area contributed by atoms with Crippen molar-refractivity contribution in [3.05, 3.63) is 245 Å². The van der Waals surface area contributed by atoms with Gasteiger partial charge in [-0.3, -0.25) is 0 Å². The second-order valence-corrected chi connectivity index (χ2v) is 17.0. The maximum Gasteiger partial charge on any atom is 0.252 e. The quantitative estimate of drug-likeness (QED) is 0.143. The fraction of sp³-hybridized carbons (Fsp3) is 0.0357. The zero-order valence-corrected chi connectivity index (χ0v) is 32.0. The number of hydrogen-bond donors (Lipinski definition) is 0. The molecule has 3 heteroatoms. The first kappa shape index (κ1) is 30.7. The second-order valence-electron chi connectivity index (χ2n) is 17.0. The molecule has 270 valence electrons. The van der Waals surface area contributed by atoms with Crippen LogP contribution in [-0.4, -0.2) is 6.71 Å². The highest BCUT2D eigenvalue weighted by atomic mass is 15.2. The molecule has 0 unspecified atom stereocenters. The largest absolute Gasteiger partial charge is 0.311 e. The van der Waals surface area contributed by atoms with Crippen LogP contribution in [0.25, 0.3) is 22.3 Å². The third-order valence-electron chi connectivity index (χ3n) is 14.8. The summed E-state index contributed by atoms with van der Waals surface area (Å²) in [6.45, 7) is 0.0296. The molecule has 9 aromatic rings. The minimum atomic E-state index is -0.460. The summed E-state index contributed by atoms with van der Waals surface area (Å²) in [6.07, 6.45) is 0. The summed E-state index contributed by atoms with van der Waals surface area (Å²) in [7, 11) is 0. The lowest BCUT2D eigenvalue weighted by Crippen LogP contribution is -2.63. The van der Waals surface area contributed by atoms with Crippen LogP contribution in [0.15, 0.2) is 200 Å². The molecule has 0 amide bonds. The zero-order chi connectivity index (χ0) is 38.2. The molecule has 2 aliphatic carbocycles. The first-order valence-electron chi connectivity index (χ1n) is 20.9. The molecule has 4 aliphatic heterocycles. The van der Waals surface area contributed by atoms with E-state index >= 15 is 0 Å². The Morgan fingerprint density at radius 1 is 0.271 bits per heavy atom. The summed E-state index contributed by atoms with van der Waals surface area (Å²) >= 11 is 0. The van der Waals surface area contributed by atoms with Gasteiger partial charge in [0.25, 0.3) is 6.71 Å². The fourth-order valence-electron chi connectivity index (χ4n) is 13.0. The number of para-hydroxylation sites is 4. The molecule has 0 bridgehead atoms. The van der Waals surface area contributed by atoms with Gasteiger partial charge in [-0.05, 0) is 107 Å². The Morgan fingerprint density at radius 2 is 0.576 bits per heavy atom. The van der Waals surface area contributed by atoms with Crippen molar-refractivity contribution in [1.82, 2.24) is 0 Å². The van der Waals surface area contributed by atoms with Crippen LogP contribution in [0.2, 0.25) is 0 Å². The highest BCUT2D eigenvalue weighted by Crippen LogP contribution is 2.66. The minimum Gasteiger partial charge on any atom is -0.311 e. The Kier molecular flexibility index (Phi) is 5.41. The lowest BCUT2D eigenvalue weighted by molar-refractivity contribution is 0.752. The highest BCUT2D eigenvalue weighted by Gasteiger charge is 2.58. The molecule has 2 spiro atoms. The van der Waals surface area contributed by atoms with Crippen molar-refractivity contribution in [2.75, 3.05) is 9.80 Å². The van der Waals surface area contributed by atoms with E-state index in [4.69, 9.17) is 0 Å². The lowest BCUT2D eigenvalue weighted by atomic mass is 9.32. The number of fused-ring (bicyclic) bond motifs is 22. The third kappa shape index (κ3) is 3.23. The van der Waals surface area contributed by atoms with Crippen molar-refractivity contribution in [1.29, 1.82) is 0 Å². The molecule has 0 saturated heterocycles. The van der Waals surface area contributed by atoms with Crippen LogP contribution < -0.4 is 26.2 Å². The van der Waals surface area contributed by atoms with Crippen LogP contribution in [0.3, 0.4) is 0 Å². The van der Waals surface area contributed by atoms with Gasteiger partial charge in [-0.1, -0.05) is 176 Å². The molecule has 0 saturated carbocycles. The molecule has 0 fully saturated rings. The molecule has 59 heavy (non-hydrogen) atoms. The van der Waals surface area contributed by atoms with Gasteiger partial charge in [0.2, 0.25) is 0 Å². The van der Waals surface area contributed by atoms with Crippen molar-refractivity contribution in [3.8, 4) is 22.3 Å². The van der Waals surface area contributed by atoms with Crippen LogP contribution >= 0.6 is 0 Å². The molecular formula is C56H33BN2. The number of benzene rings is 9. The first-order chi connectivity index (χ1) is 29.3. The van der Waals surface area contributed by atoms with E-state index in [2.05, 4.69) is 210 Å². The molecule has 6 aliphatic rings. The topological polar surface area (TPSA) is 6.48 Å². The van der Waals surface area contributed by atoms with Crippen LogP contribution in [-0.2, 0) is 10.8 Å². The number of hydrogen-bond acceptors (Lipinski definition) is 2. The van der Waals surface area contributed by atoms with Crippen molar-refractivity contribution in [2.24, 2.45) is 0 Å². The molecule has 0 N–H and O–H groups in total. The van der Waals surface area contributed by atoms with Gasteiger partial charge < -0.3 is 9.80 Å². The van der Waals surface area contributed by atoms with Gasteiger partial charge in [0.05, 0.1) is 22.2 Å². The number of nitrogens with zero attached hydrogens (tertiary/aromatic N) is 2. The second kappa shape index (κ2) is 10.4. The summed E-state index contributed by atoms with van der Waals surface area (Å²) in [5, 5.41) is 0. The normalized spacial score (nSPS) is 16.0. The van der Waals surface area contributed by atoms with E-state index in [0.717, 1.165) is 0 Å². The summed E-state index contributed by atoms with van der Waals surface area (Å²) < 4.78 is 0. The van der Waals surface area contributed by atoms with E-state index in [1.807, 2.05) is 0 Å². The van der Waals surface area contributed by atoms with Crippen molar-refractivity contribution >= 4 is 57.2 Å². The lowest BCUT2D eigenvalue weighted by Gasteiger charge is -2.53. The summed E-state index contributed by atoms with van der Waals surface area (Å²) in [5.41, 5.74) is 27.0. The van der Waals surface area contributed by atoms with E-state index in [-0.39, 0.29) is 6.71 Å². The van der Waals surface area contributed by atoms with E-state index in [9.17, 15) is 0 Å². The van der Waals surface area contributed by atoms with Crippen molar-refractivity contribution < 1.29 is 0 Å². The van der Waals surface area contributed by atoms with Gasteiger partial charge in [-0.25, -0.2) is 0 Å². The average molecular weight is 745 g/mol. The molecular weight excluding hydrogens is 711 g/mol. The van der Waals surface area contributed by atoms with E-state index in [1.165, 1.54) is 117 Å². The molecule has 0 atom stereocenters. The predicted octanol–water partition coefficient (Wildman–Crippen LogP) is 11.1. The highest BCUT2D eigenvalue weighted by molar-refractivity contribution is 7.00. The Hall–Kier alpha value is -7.36. The van der Waals surface area contributed by atoms with Gasteiger partial charge in [0.15, 0.2) is 0 Å². The smallest absolute Gasteiger partial charge is 0.252 e. The summed E-state index contributed by atoms with van der Waals surface area (Å²) in [4.78, 5) is 5.25. The standard InChI is InChI=1S/C56H33BN2/c1-5-20-38-34(16-1)35-17-2-6-21-39(35)55(38)42-24-9-11-30-48(42)58-50-32-15-33-51-52(50)57(46-28-13-26-44(55)53(46)58)47-29-14-27-45-54(47)59(51)49-31-12-10-25-43(49)56(45)40-22-7-3-18-36(40)37-19-4-8-23-41(37)56/h1-33H. The van der Waals surface area contributed by atoms with Crippen LogP contribution in [0.1, 0.15) is 44.5 Å². The van der Waals surface area contributed by atoms with Gasteiger partial charge >= 0.3 is 0 Å². The Balaban J connectivity index is 1.09. The fourth-order valence-corrected chi connectivity index (χ4v) is 13.0. The van der Waals surface area contributed by atoms with E-state index in [0.29, 0.717) is 0 Å². The molecule has 2 nitrogen and oxygen atoms in total. The van der Waals surface area contributed by atoms with Crippen molar-refractivity contribution in [2.45, 2.75) is 10.8 Å². The monoisotopic (exact) mass is 744 g/mol. The van der Waals surface area contributed by atoms with E-state index in [1.54, 1.807) is 0 Å². The van der Waals surface area contributed by atoms with Gasteiger partial charge in [-0.2, -0.15) is 0 Å². The van der Waals surface area contributed by atoms with Gasteiger partial charge in [-0.15, -0.1) is 0 Å².